The van der Waals surface area contributed by atoms with E-state index in [9.17, 15) is 9.59 Å². The molecule has 0 heterocycles. The molecular formula is C58H40N2O4. The molecule has 0 bridgehead atoms. The minimum atomic E-state index is -0.414. The molecule has 0 N–H and O–H groups in total. The maximum Gasteiger partial charge on any atom is 0.343 e. The van der Waals surface area contributed by atoms with Crippen LogP contribution in [0.3, 0.4) is 0 Å². The smallest absolute Gasteiger partial charge is 0.343 e. The fraction of sp³-hybridized carbons (Fsp3) is 0. The van der Waals surface area contributed by atoms with Gasteiger partial charge in [-0.2, -0.15) is 0 Å². The number of fused-ring (bicyclic) bond motifs is 2. The summed E-state index contributed by atoms with van der Waals surface area (Å²) >= 11 is 0. The first kappa shape index (κ1) is 39.4. The first-order valence-electron chi connectivity index (χ1n) is 21.1. The zero-order chi connectivity index (χ0) is 43.2. The summed E-state index contributed by atoms with van der Waals surface area (Å²) in [4.78, 5) is 30.9. The van der Waals surface area contributed by atoms with E-state index >= 15 is 0 Å². The van der Waals surface area contributed by atoms with Crippen LogP contribution in [0.1, 0.15) is 20.7 Å². The Morgan fingerprint density at radius 2 is 0.625 bits per heavy atom. The van der Waals surface area contributed by atoms with Crippen molar-refractivity contribution in [3.63, 3.8) is 0 Å². The van der Waals surface area contributed by atoms with E-state index < -0.39 is 11.9 Å². The van der Waals surface area contributed by atoms with Crippen molar-refractivity contribution in [1.29, 1.82) is 0 Å². The number of ether oxygens (including phenoxy) is 2. The number of carbonyl (C=O) groups is 2. The molecule has 0 unspecified atom stereocenters. The molecule has 0 aliphatic heterocycles. The molecule has 6 heteroatoms. The van der Waals surface area contributed by atoms with Gasteiger partial charge in [-0.25, -0.2) is 9.59 Å². The van der Waals surface area contributed by atoms with Gasteiger partial charge in [0.2, 0.25) is 0 Å². The van der Waals surface area contributed by atoms with Gasteiger partial charge in [0, 0.05) is 46.3 Å². The largest absolute Gasteiger partial charge is 0.423 e. The van der Waals surface area contributed by atoms with Crippen molar-refractivity contribution in [2.45, 2.75) is 0 Å². The summed E-state index contributed by atoms with van der Waals surface area (Å²) in [6, 6.07) is 79.4. The van der Waals surface area contributed by atoms with Gasteiger partial charge in [-0.3, -0.25) is 0 Å². The van der Waals surface area contributed by atoms with Crippen molar-refractivity contribution >= 4 is 67.6 Å². The second-order valence-electron chi connectivity index (χ2n) is 15.3. The molecule has 10 rings (SSSR count). The Balaban J connectivity index is 0.898. The summed E-state index contributed by atoms with van der Waals surface area (Å²) in [7, 11) is 0. The SMILES string of the molecule is O=C(Oc1cccc(N(c2ccccc2)c2ccc(-c3ccc(N(c4ccccc4)c4cccc(OC(=O)c5ccc6ccccc6c5)c4)cc3)cc2)c1)c1ccc2ccccc2c1. The maximum atomic E-state index is 13.3. The predicted molar refractivity (Wildman–Crippen MR) is 259 cm³/mol. The molecule has 0 amide bonds. The normalized spacial score (nSPS) is 10.9. The monoisotopic (exact) mass is 828 g/mol. The number of nitrogens with zero attached hydrogens (tertiary/aromatic N) is 2. The Morgan fingerprint density at radius 3 is 1.03 bits per heavy atom. The summed E-state index contributed by atoms with van der Waals surface area (Å²) in [5, 5.41) is 4.09. The summed E-state index contributed by atoms with van der Waals surface area (Å²) < 4.78 is 11.9. The van der Waals surface area contributed by atoms with E-state index in [1.807, 2.05) is 146 Å². The molecule has 306 valence electrons. The molecule has 0 aliphatic carbocycles. The topological polar surface area (TPSA) is 59.1 Å². The summed E-state index contributed by atoms with van der Waals surface area (Å²) in [5.74, 6) is 0.0739. The van der Waals surface area contributed by atoms with Gasteiger partial charge >= 0.3 is 11.9 Å². The van der Waals surface area contributed by atoms with Gasteiger partial charge in [-0.15, -0.1) is 0 Å². The van der Waals surface area contributed by atoms with E-state index in [1.165, 1.54) is 0 Å². The van der Waals surface area contributed by atoms with Gasteiger partial charge in [0.1, 0.15) is 11.5 Å². The average molecular weight is 829 g/mol. The van der Waals surface area contributed by atoms with E-state index in [0.29, 0.717) is 22.6 Å². The van der Waals surface area contributed by atoms with Crippen LogP contribution in [0.25, 0.3) is 32.7 Å². The molecule has 0 spiro atoms. The lowest BCUT2D eigenvalue weighted by Crippen LogP contribution is -2.12. The van der Waals surface area contributed by atoms with Crippen LogP contribution in [0.4, 0.5) is 34.1 Å². The Labute approximate surface area is 371 Å². The molecule has 0 fully saturated rings. The Morgan fingerprint density at radius 1 is 0.281 bits per heavy atom. The van der Waals surface area contributed by atoms with Crippen LogP contribution in [0.15, 0.2) is 243 Å². The number of benzene rings is 10. The lowest BCUT2D eigenvalue weighted by atomic mass is 10.0. The van der Waals surface area contributed by atoms with Crippen molar-refractivity contribution < 1.29 is 19.1 Å². The van der Waals surface area contributed by atoms with Gasteiger partial charge in [-0.1, -0.05) is 133 Å². The van der Waals surface area contributed by atoms with Gasteiger partial charge < -0.3 is 19.3 Å². The highest BCUT2D eigenvalue weighted by Crippen LogP contribution is 2.39. The number of hydrogen-bond donors (Lipinski definition) is 0. The number of carbonyl (C=O) groups excluding carboxylic acids is 2. The van der Waals surface area contributed by atoms with E-state index in [-0.39, 0.29) is 0 Å². The molecule has 10 aromatic rings. The molecule has 0 saturated heterocycles. The third-order valence-electron chi connectivity index (χ3n) is 11.2. The Kier molecular flexibility index (Phi) is 10.9. The third-order valence-corrected chi connectivity index (χ3v) is 11.2. The van der Waals surface area contributed by atoms with E-state index in [4.69, 9.17) is 9.47 Å². The van der Waals surface area contributed by atoms with Crippen LogP contribution >= 0.6 is 0 Å². The molecular weight excluding hydrogens is 789 g/mol. The average Bonchev–Trinajstić information content (AvgIpc) is 3.35. The summed E-state index contributed by atoms with van der Waals surface area (Å²) in [6.07, 6.45) is 0. The lowest BCUT2D eigenvalue weighted by Gasteiger charge is -2.26. The second-order valence-corrected chi connectivity index (χ2v) is 15.3. The molecule has 0 radical (unpaired) electrons. The van der Waals surface area contributed by atoms with Crippen molar-refractivity contribution in [3.05, 3.63) is 254 Å². The Hall–Kier alpha value is -8.74. The molecule has 64 heavy (non-hydrogen) atoms. The fourth-order valence-corrected chi connectivity index (χ4v) is 7.99. The molecule has 0 atom stereocenters. The Bertz CT molecular complexity index is 3040. The number of rotatable bonds is 11. The first-order valence-corrected chi connectivity index (χ1v) is 21.1. The van der Waals surface area contributed by atoms with Gasteiger partial charge in [0.25, 0.3) is 0 Å². The molecule has 0 saturated carbocycles. The maximum absolute atomic E-state index is 13.3. The molecule has 6 nitrogen and oxygen atoms in total. The highest BCUT2D eigenvalue weighted by atomic mass is 16.5. The zero-order valence-corrected chi connectivity index (χ0v) is 34.6. The van der Waals surface area contributed by atoms with Crippen molar-refractivity contribution in [2.24, 2.45) is 0 Å². The van der Waals surface area contributed by atoms with Crippen molar-refractivity contribution in [2.75, 3.05) is 9.80 Å². The molecule has 10 aromatic carbocycles. The molecule has 0 aliphatic rings. The quantitative estimate of drug-likeness (QED) is 0.0956. The van der Waals surface area contributed by atoms with E-state index in [1.54, 1.807) is 24.3 Å². The number of esters is 2. The number of hydrogen-bond acceptors (Lipinski definition) is 6. The van der Waals surface area contributed by atoms with Gasteiger partial charge in [-0.05, 0) is 130 Å². The predicted octanol–water partition coefficient (Wildman–Crippen LogP) is 15.0. The first-order chi connectivity index (χ1) is 31.5. The summed E-state index contributed by atoms with van der Waals surface area (Å²) in [6.45, 7) is 0. The molecule has 0 aromatic heterocycles. The zero-order valence-electron chi connectivity index (χ0n) is 34.6. The van der Waals surface area contributed by atoms with Gasteiger partial charge in [0.15, 0.2) is 0 Å². The number of para-hydroxylation sites is 2. The van der Waals surface area contributed by atoms with Crippen LogP contribution in [0, 0.1) is 0 Å². The second kappa shape index (κ2) is 17.7. The van der Waals surface area contributed by atoms with Crippen LogP contribution in [-0.2, 0) is 0 Å². The van der Waals surface area contributed by atoms with Gasteiger partial charge in [0.05, 0.1) is 11.1 Å². The van der Waals surface area contributed by atoms with Crippen LogP contribution in [0.5, 0.6) is 11.5 Å². The lowest BCUT2D eigenvalue weighted by molar-refractivity contribution is 0.0725. The highest BCUT2D eigenvalue weighted by Gasteiger charge is 2.18. The number of anilines is 6. The van der Waals surface area contributed by atoms with Crippen LogP contribution in [0.2, 0.25) is 0 Å². The minimum Gasteiger partial charge on any atom is -0.423 e. The van der Waals surface area contributed by atoms with Crippen LogP contribution in [-0.4, -0.2) is 11.9 Å². The van der Waals surface area contributed by atoms with Crippen LogP contribution < -0.4 is 19.3 Å². The fourth-order valence-electron chi connectivity index (χ4n) is 7.99. The highest BCUT2D eigenvalue weighted by molar-refractivity contribution is 5.97. The summed E-state index contributed by atoms with van der Waals surface area (Å²) in [5.41, 5.74) is 8.60. The van der Waals surface area contributed by atoms with E-state index in [0.717, 1.165) is 66.8 Å². The minimum absolute atomic E-state index is 0.414. The third kappa shape index (κ3) is 8.44. The standard InChI is InChI=1S/C58H40N2O4/c61-57(47-27-25-41-13-7-9-15-45(41)37-47)63-55-23-11-21-53(39-55)59(49-17-3-1-4-18-49)51-33-29-43(30-34-51)44-31-35-52(36-32-44)60(50-19-5-2-6-20-50)54-22-12-24-56(40-54)64-58(62)48-28-26-42-14-8-10-16-46(42)38-48/h1-40H. The van der Waals surface area contributed by atoms with Crippen molar-refractivity contribution in [1.82, 2.24) is 0 Å². The van der Waals surface area contributed by atoms with E-state index in [2.05, 4.69) is 82.6 Å². The van der Waals surface area contributed by atoms with Crippen molar-refractivity contribution in [3.8, 4) is 22.6 Å².